The Balaban J connectivity index is 1.44. The predicted octanol–water partition coefficient (Wildman–Crippen LogP) is 10.5. The maximum atomic E-state index is 13.4. The average molecular weight is 1350 g/mol. The van der Waals surface area contributed by atoms with Crippen molar-refractivity contribution in [3.63, 3.8) is 0 Å². The van der Waals surface area contributed by atoms with Crippen molar-refractivity contribution in [1.29, 1.82) is 0 Å². The van der Waals surface area contributed by atoms with Crippen LogP contribution in [-0.4, -0.2) is 193 Å². The molecule has 96 heavy (non-hydrogen) atoms. The van der Waals surface area contributed by atoms with E-state index >= 15 is 0 Å². The van der Waals surface area contributed by atoms with E-state index in [1.807, 2.05) is 6.08 Å². The first-order valence-electron chi connectivity index (χ1n) is 36.4. The lowest BCUT2D eigenvalue weighted by molar-refractivity contribution is -0.379. The summed E-state index contributed by atoms with van der Waals surface area (Å²) in [6.45, 7) is 1.56. The minimum absolute atomic E-state index is 0.205. The number of ether oxygens (including phenoxy) is 6. The molecule has 0 aromatic heterocycles. The number of amides is 1. The standard InChI is InChI=1S/C77H127NO18/c1-3-5-7-9-11-13-15-17-19-21-23-25-26-27-28-29-30-31-32-33-34-35-37-39-41-43-45-47-49-51-53-55-65(83)78-60(61(82)54-52-50-48-46-44-42-40-38-36-24-22-20-18-16-14-12-10-8-6-4-2)59-91-75-71(89)68(86)73(63(57-80)93-75)96-77-72(90)69(87)74(64(58-81)94-77)95-76-70(88)67(85)66(84)62(56-79)92-76/h5,7,11,13,17,19,23,25,27-28,30-31,33-34,36-39,44,46,52,54,60-64,66-77,79-82,84-90H,3-4,6,8-10,12,14-16,18,20-22,24,26,29,32,35,40-43,45,47-51,53,55-59H2,1-2H3,(H,78,83)/b7-5-,13-11-,19-17-,25-23-,28-27-,31-30-,34-33-,38-36+,39-37-,46-44+,54-52+. The van der Waals surface area contributed by atoms with Crippen molar-refractivity contribution in [1.82, 2.24) is 5.32 Å². The van der Waals surface area contributed by atoms with Crippen molar-refractivity contribution >= 4 is 5.91 Å². The Morgan fingerprint density at radius 3 is 1.17 bits per heavy atom. The fourth-order valence-corrected chi connectivity index (χ4v) is 11.3. The maximum absolute atomic E-state index is 13.4. The highest BCUT2D eigenvalue weighted by Gasteiger charge is 2.53. The normalized spacial score (nSPS) is 27.9. The number of aliphatic hydroxyl groups excluding tert-OH is 11. The predicted molar refractivity (Wildman–Crippen MR) is 378 cm³/mol. The summed E-state index contributed by atoms with van der Waals surface area (Å²) in [5, 5.41) is 121. The Bertz CT molecular complexity index is 2260. The zero-order valence-corrected chi connectivity index (χ0v) is 58.0. The fraction of sp³-hybridized carbons (Fsp3) is 0.701. The quantitative estimate of drug-likeness (QED) is 0.0199. The second-order valence-corrected chi connectivity index (χ2v) is 25.3. The Morgan fingerprint density at radius 1 is 0.385 bits per heavy atom. The molecule has 1 amide bonds. The van der Waals surface area contributed by atoms with E-state index in [9.17, 15) is 61.0 Å². The molecular formula is C77H127NO18. The molecule has 19 nitrogen and oxygen atoms in total. The molecule has 3 fully saturated rings. The molecular weight excluding hydrogens is 1230 g/mol. The molecule has 548 valence electrons. The van der Waals surface area contributed by atoms with Crippen LogP contribution in [0.15, 0.2) is 134 Å². The number of carbonyl (C=O) groups excluding carboxylic acids is 1. The average Bonchev–Trinajstić information content (AvgIpc) is 0.786. The van der Waals surface area contributed by atoms with Gasteiger partial charge in [0.1, 0.15) is 73.2 Å². The zero-order chi connectivity index (χ0) is 69.6. The Kier molecular flexibility index (Phi) is 50.8. The number of carbonyl (C=O) groups is 1. The first-order chi connectivity index (χ1) is 46.8. The van der Waals surface area contributed by atoms with Crippen LogP contribution in [0.1, 0.15) is 213 Å². The zero-order valence-electron chi connectivity index (χ0n) is 58.0. The molecule has 0 saturated carbocycles. The molecule has 0 bridgehead atoms. The van der Waals surface area contributed by atoms with Gasteiger partial charge in [0.15, 0.2) is 18.9 Å². The van der Waals surface area contributed by atoms with Crippen LogP contribution in [-0.2, 0) is 33.2 Å². The van der Waals surface area contributed by atoms with Gasteiger partial charge in [0.25, 0.3) is 0 Å². The molecule has 3 saturated heterocycles. The summed E-state index contributed by atoms with van der Waals surface area (Å²) in [6, 6.07) is -1.02. The second-order valence-electron chi connectivity index (χ2n) is 25.3. The third-order valence-corrected chi connectivity index (χ3v) is 17.2. The van der Waals surface area contributed by atoms with E-state index in [-0.39, 0.29) is 18.9 Å². The van der Waals surface area contributed by atoms with Crippen LogP contribution in [0.5, 0.6) is 0 Å². The topological polar surface area (TPSA) is 307 Å². The first-order valence-corrected chi connectivity index (χ1v) is 36.4. The number of rotatable bonds is 54. The maximum Gasteiger partial charge on any atom is 0.220 e. The molecule has 19 heteroatoms. The van der Waals surface area contributed by atoms with E-state index < -0.39 is 124 Å². The number of hydrogen-bond acceptors (Lipinski definition) is 18. The highest BCUT2D eigenvalue weighted by Crippen LogP contribution is 2.33. The Hall–Kier alpha value is -4.07. The summed E-state index contributed by atoms with van der Waals surface area (Å²) in [6.07, 6.45) is 52.7. The van der Waals surface area contributed by atoms with Gasteiger partial charge in [0, 0.05) is 6.42 Å². The summed E-state index contributed by atoms with van der Waals surface area (Å²) < 4.78 is 34.3. The van der Waals surface area contributed by atoms with E-state index in [1.165, 1.54) is 64.2 Å². The smallest absolute Gasteiger partial charge is 0.220 e. The Morgan fingerprint density at radius 2 is 0.729 bits per heavy atom. The van der Waals surface area contributed by atoms with Crippen molar-refractivity contribution in [2.45, 2.75) is 317 Å². The third kappa shape index (κ3) is 37.4. The minimum atomic E-state index is -1.99. The molecule has 17 unspecified atom stereocenters. The molecule has 0 aromatic carbocycles. The molecule has 17 atom stereocenters. The van der Waals surface area contributed by atoms with Gasteiger partial charge in [-0.05, 0) is 109 Å². The SMILES string of the molecule is CC/C=C\C/C=C\C/C=C\C/C=C\C/C=C\C/C=C\C/C=C\C/C=C\CCCCCCCCC(=O)NC(COC1OC(CO)C(OC2OC(CO)C(OC3OC(CO)C(O)C(O)C3O)C(O)C2O)C(O)C1O)C(O)/C=C/CC/C=C/CC/C=C/CCCCCCCCCCCC. The van der Waals surface area contributed by atoms with E-state index in [0.29, 0.717) is 12.8 Å². The van der Waals surface area contributed by atoms with Crippen LogP contribution in [0.4, 0.5) is 0 Å². The molecule has 0 radical (unpaired) electrons. The summed E-state index contributed by atoms with van der Waals surface area (Å²) in [5.41, 5.74) is 0. The van der Waals surface area contributed by atoms with Gasteiger partial charge < -0.3 is 89.9 Å². The van der Waals surface area contributed by atoms with Crippen LogP contribution in [0.2, 0.25) is 0 Å². The molecule has 3 aliphatic heterocycles. The van der Waals surface area contributed by atoms with E-state index in [4.69, 9.17) is 28.4 Å². The van der Waals surface area contributed by atoms with Gasteiger partial charge in [0.2, 0.25) is 5.91 Å². The van der Waals surface area contributed by atoms with Crippen molar-refractivity contribution < 1.29 is 89.4 Å². The van der Waals surface area contributed by atoms with E-state index in [1.54, 1.807) is 6.08 Å². The van der Waals surface area contributed by atoms with Crippen LogP contribution < -0.4 is 5.32 Å². The van der Waals surface area contributed by atoms with Crippen LogP contribution in [0, 0.1) is 0 Å². The van der Waals surface area contributed by atoms with Gasteiger partial charge in [-0.1, -0.05) is 231 Å². The van der Waals surface area contributed by atoms with Crippen LogP contribution in [0.3, 0.4) is 0 Å². The van der Waals surface area contributed by atoms with Crippen LogP contribution in [0.25, 0.3) is 0 Å². The molecule has 0 spiro atoms. The lowest BCUT2D eigenvalue weighted by Gasteiger charge is -2.48. The number of hydrogen-bond donors (Lipinski definition) is 12. The van der Waals surface area contributed by atoms with Crippen molar-refractivity contribution in [3.05, 3.63) is 134 Å². The minimum Gasteiger partial charge on any atom is -0.394 e. The van der Waals surface area contributed by atoms with Crippen LogP contribution >= 0.6 is 0 Å². The summed E-state index contributed by atoms with van der Waals surface area (Å²) in [4.78, 5) is 13.4. The number of nitrogens with one attached hydrogen (secondary N) is 1. The summed E-state index contributed by atoms with van der Waals surface area (Å²) >= 11 is 0. The lowest BCUT2D eigenvalue weighted by atomic mass is 9.96. The monoisotopic (exact) mass is 1350 g/mol. The number of allylic oxidation sites excluding steroid dienone is 21. The Labute approximate surface area is 575 Å². The highest BCUT2D eigenvalue weighted by atomic mass is 16.8. The molecule has 3 aliphatic rings. The second kappa shape index (κ2) is 56.7. The van der Waals surface area contributed by atoms with Crippen molar-refractivity contribution in [2.75, 3.05) is 26.4 Å². The van der Waals surface area contributed by atoms with Gasteiger partial charge in [-0.15, -0.1) is 0 Å². The molecule has 12 N–H and O–H groups in total. The van der Waals surface area contributed by atoms with Gasteiger partial charge in [0.05, 0.1) is 38.6 Å². The largest absolute Gasteiger partial charge is 0.394 e. The van der Waals surface area contributed by atoms with Crippen molar-refractivity contribution in [3.8, 4) is 0 Å². The number of aliphatic hydroxyl groups is 11. The summed E-state index contributed by atoms with van der Waals surface area (Å²) in [5.74, 6) is -0.310. The highest BCUT2D eigenvalue weighted by molar-refractivity contribution is 5.76. The lowest BCUT2D eigenvalue weighted by Crippen LogP contribution is -2.66. The third-order valence-electron chi connectivity index (χ3n) is 17.2. The molecule has 3 rings (SSSR count). The van der Waals surface area contributed by atoms with E-state index in [2.05, 4.69) is 141 Å². The molecule has 0 aromatic rings. The van der Waals surface area contributed by atoms with Gasteiger partial charge >= 0.3 is 0 Å². The fourth-order valence-electron chi connectivity index (χ4n) is 11.3. The van der Waals surface area contributed by atoms with Gasteiger partial charge in [-0.3, -0.25) is 4.79 Å². The summed E-state index contributed by atoms with van der Waals surface area (Å²) in [7, 11) is 0. The molecule has 0 aliphatic carbocycles. The van der Waals surface area contributed by atoms with E-state index in [0.717, 1.165) is 116 Å². The number of unbranched alkanes of at least 4 members (excludes halogenated alkanes) is 18. The van der Waals surface area contributed by atoms with Gasteiger partial charge in [-0.25, -0.2) is 0 Å². The first kappa shape index (κ1) is 86.2. The molecule has 3 heterocycles. The van der Waals surface area contributed by atoms with Gasteiger partial charge in [-0.2, -0.15) is 0 Å². The van der Waals surface area contributed by atoms with Crippen molar-refractivity contribution in [2.24, 2.45) is 0 Å².